The van der Waals surface area contributed by atoms with Crippen LogP contribution >= 0.6 is 0 Å². The predicted octanol–water partition coefficient (Wildman–Crippen LogP) is 5.08. The maximum absolute atomic E-state index is 13.3. The molecule has 0 atom stereocenters. The first kappa shape index (κ1) is 19.8. The lowest BCUT2D eigenvalue weighted by molar-refractivity contribution is 0.394. The Morgan fingerprint density at radius 1 is 1.11 bits per heavy atom. The van der Waals surface area contributed by atoms with Crippen molar-refractivity contribution in [3.63, 3.8) is 0 Å². The maximum atomic E-state index is 13.3. The molecule has 0 saturated heterocycles. The van der Waals surface area contributed by atoms with Crippen molar-refractivity contribution in [1.82, 2.24) is 0 Å². The molecule has 0 saturated carbocycles. The quantitative estimate of drug-likeness (QED) is 0.644. The van der Waals surface area contributed by atoms with Crippen molar-refractivity contribution < 1.29 is 19.0 Å². The average Bonchev–Trinajstić information content (AvgIpc) is 2.65. The fourth-order valence-electron chi connectivity index (χ4n) is 3.33. The van der Waals surface area contributed by atoms with Gasteiger partial charge in [0.15, 0.2) is 5.43 Å². The van der Waals surface area contributed by atoms with E-state index in [0.717, 1.165) is 12.0 Å². The zero-order valence-corrected chi connectivity index (χ0v) is 17.0. The molecule has 0 aliphatic heterocycles. The number of aromatic hydroxyl groups is 1. The van der Waals surface area contributed by atoms with E-state index in [1.165, 1.54) is 0 Å². The lowest BCUT2D eigenvalue weighted by Crippen LogP contribution is -2.13. The molecule has 0 fully saturated rings. The van der Waals surface area contributed by atoms with E-state index in [1.807, 2.05) is 19.1 Å². The van der Waals surface area contributed by atoms with Crippen LogP contribution in [0.3, 0.4) is 0 Å². The number of fused-ring (bicyclic) bond motifs is 1. The highest BCUT2D eigenvalue weighted by molar-refractivity contribution is 5.87. The molecular weight excluding hydrogens is 356 g/mol. The van der Waals surface area contributed by atoms with Crippen molar-refractivity contribution in [2.45, 2.75) is 33.6 Å². The van der Waals surface area contributed by atoms with Gasteiger partial charge in [0.25, 0.3) is 0 Å². The van der Waals surface area contributed by atoms with E-state index in [4.69, 9.17) is 13.9 Å². The van der Waals surface area contributed by atoms with E-state index in [9.17, 15) is 9.90 Å². The van der Waals surface area contributed by atoms with Crippen LogP contribution in [0.15, 0.2) is 39.5 Å². The largest absolute Gasteiger partial charge is 0.507 e. The van der Waals surface area contributed by atoms with Crippen LogP contribution in [-0.2, 0) is 6.42 Å². The highest BCUT2D eigenvalue weighted by Gasteiger charge is 2.21. The minimum atomic E-state index is -0.202. The van der Waals surface area contributed by atoms with Crippen LogP contribution in [-0.4, -0.2) is 19.3 Å². The molecule has 0 aliphatic carbocycles. The van der Waals surface area contributed by atoms with Crippen LogP contribution in [0.4, 0.5) is 0 Å². The van der Waals surface area contributed by atoms with Gasteiger partial charge in [-0.3, -0.25) is 4.79 Å². The Kier molecular flexibility index (Phi) is 5.63. The Morgan fingerprint density at radius 2 is 1.86 bits per heavy atom. The summed E-state index contributed by atoms with van der Waals surface area (Å²) in [5, 5.41) is 10.6. The number of benzene rings is 2. The Bertz CT molecular complexity index is 1060. The number of phenols is 1. The first-order chi connectivity index (χ1) is 13.3. The summed E-state index contributed by atoms with van der Waals surface area (Å²) in [7, 11) is 3.16. The Balaban J connectivity index is 2.34. The summed E-state index contributed by atoms with van der Waals surface area (Å²) >= 11 is 0. The van der Waals surface area contributed by atoms with E-state index in [-0.39, 0.29) is 16.6 Å². The van der Waals surface area contributed by atoms with E-state index >= 15 is 0 Å². The van der Waals surface area contributed by atoms with E-state index < -0.39 is 0 Å². The molecular formula is C23H26O5. The van der Waals surface area contributed by atoms with Crippen molar-refractivity contribution in [3.05, 3.63) is 51.7 Å². The minimum absolute atomic E-state index is 0.0530. The minimum Gasteiger partial charge on any atom is -0.507 e. The fraction of sp³-hybridized carbons (Fsp3) is 0.348. The van der Waals surface area contributed by atoms with Crippen molar-refractivity contribution in [2.75, 3.05) is 14.2 Å². The molecule has 0 radical (unpaired) electrons. The van der Waals surface area contributed by atoms with Crippen LogP contribution < -0.4 is 14.9 Å². The lowest BCUT2D eigenvalue weighted by Gasteiger charge is -2.15. The first-order valence-corrected chi connectivity index (χ1v) is 9.37. The number of ether oxygens (including phenoxy) is 2. The third-order valence-electron chi connectivity index (χ3n) is 4.84. The SMILES string of the molecule is COc1ccc(-c2oc3cc(C)cc(O)c3c(=O)c2CCC(C)C)c(OC)c1. The molecule has 3 aromatic rings. The zero-order chi connectivity index (χ0) is 20.4. The van der Waals surface area contributed by atoms with Crippen LogP contribution in [0.5, 0.6) is 17.2 Å². The van der Waals surface area contributed by atoms with Crippen LogP contribution in [0.2, 0.25) is 0 Å². The van der Waals surface area contributed by atoms with Gasteiger partial charge >= 0.3 is 0 Å². The normalized spacial score (nSPS) is 11.2. The molecule has 0 unspecified atom stereocenters. The highest BCUT2D eigenvalue weighted by Crippen LogP contribution is 2.37. The number of hydrogen-bond donors (Lipinski definition) is 1. The zero-order valence-electron chi connectivity index (χ0n) is 17.0. The topological polar surface area (TPSA) is 68.9 Å². The van der Waals surface area contributed by atoms with Crippen molar-refractivity contribution in [3.8, 4) is 28.6 Å². The molecule has 148 valence electrons. The Morgan fingerprint density at radius 3 is 2.50 bits per heavy atom. The summed E-state index contributed by atoms with van der Waals surface area (Å²) in [5.74, 6) is 2.06. The fourth-order valence-corrected chi connectivity index (χ4v) is 3.33. The maximum Gasteiger partial charge on any atom is 0.200 e. The molecule has 28 heavy (non-hydrogen) atoms. The molecule has 5 heteroatoms. The molecule has 0 aliphatic rings. The summed E-state index contributed by atoms with van der Waals surface area (Å²) < 4.78 is 17.0. The third kappa shape index (κ3) is 3.70. The summed E-state index contributed by atoms with van der Waals surface area (Å²) in [6.07, 6.45) is 1.38. The summed E-state index contributed by atoms with van der Waals surface area (Å²) in [5.41, 5.74) is 2.21. The van der Waals surface area contributed by atoms with Gasteiger partial charge in [-0.15, -0.1) is 0 Å². The number of phenolic OH excluding ortho intramolecular Hbond substituents is 1. The Labute approximate surface area is 164 Å². The van der Waals surface area contributed by atoms with E-state index in [0.29, 0.717) is 46.3 Å². The van der Waals surface area contributed by atoms with Gasteiger partial charge in [0, 0.05) is 11.6 Å². The van der Waals surface area contributed by atoms with Gasteiger partial charge in [-0.1, -0.05) is 13.8 Å². The van der Waals surface area contributed by atoms with Crippen LogP contribution in [0.25, 0.3) is 22.3 Å². The van der Waals surface area contributed by atoms with Gasteiger partial charge < -0.3 is 19.0 Å². The third-order valence-corrected chi connectivity index (χ3v) is 4.84. The molecule has 0 amide bonds. The monoisotopic (exact) mass is 382 g/mol. The average molecular weight is 382 g/mol. The van der Waals surface area contributed by atoms with E-state index in [2.05, 4.69) is 13.8 Å². The number of rotatable bonds is 6. The summed E-state index contributed by atoms with van der Waals surface area (Å²) in [4.78, 5) is 13.3. The van der Waals surface area contributed by atoms with Gasteiger partial charge in [0.05, 0.1) is 19.8 Å². The second-order valence-electron chi connectivity index (χ2n) is 7.39. The first-order valence-electron chi connectivity index (χ1n) is 9.37. The van der Waals surface area contributed by atoms with Gasteiger partial charge in [-0.05, 0) is 55.5 Å². The molecule has 0 bridgehead atoms. The second-order valence-corrected chi connectivity index (χ2v) is 7.39. The van der Waals surface area contributed by atoms with Crippen LogP contribution in [0, 0.1) is 12.8 Å². The van der Waals surface area contributed by atoms with Gasteiger partial charge in [-0.2, -0.15) is 0 Å². The lowest BCUT2D eigenvalue weighted by atomic mass is 9.96. The standard InChI is InChI=1S/C23H26O5/c1-13(2)6-8-17-22(25)21-18(24)10-14(3)11-20(21)28-23(17)16-9-7-15(26-4)12-19(16)27-5/h7,9-13,24H,6,8H2,1-5H3. The van der Waals surface area contributed by atoms with E-state index in [1.54, 1.807) is 32.4 Å². The molecule has 5 nitrogen and oxygen atoms in total. The van der Waals surface area contributed by atoms with Crippen molar-refractivity contribution >= 4 is 11.0 Å². The molecule has 2 aromatic carbocycles. The smallest absolute Gasteiger partial charge is 0.200 e. The molecule has 1 aromatic heterocycles. The molecule has 1 heterocycles. The predicted molar refractivity (Wildman–Crippen MR) is 111 cm³/mol. The second kappa shape index (κ2) is 7.97. The van der Waals surface area contributed by atoms with Gasteiger partial charge in [0.1, 0.15) is 34.0 Å². The summed E-state index contributed by atoms with van der Waals surface area (Å²) in [6.45, 7) is 6.06. The number of hydrogen-bond acceptors (Lipinski definition) is 5. The molecule has 1 N–H and O–H groups in total. The van der Waals surface area contributed by atoms with Gasteiger partial charge in [0.2, 0.25) is 0 Å². The van der Waals surface area contributed by atoms with Crippen LogP contribution in [0.1, 0.15) is 31.4 Å². The molecule has 0 spiro atoms. The Hall–Kier alpha value is -2.95. The number of methoxy groups -OCH3 is 2. The van der Waals surface area contributed by atoms with Crippen molar-refractivity contribution in [2.24, 2.45) is 5.92 Å². The highest BCUT2D eigenvalue weighted by atomic mass is 16.5. The van der Waals surface area contributed by atoms with Gasteiger partial charge in [-0.25, -0.2) is 0 Å². The summed E-state index contributed by atoms with van der Waals surface area (Å²) in [6, 6.07) is 8.75. The van der Waals surface area contributed by atoms with Crippen molar-refractivity contribution in [1.29, 1.82) is 0 Å². The number of aryl methyl sites for hydroxylation is 1. The molecule has 3 rings (SSSR count).